The number of anilines is 3. The summed E-state index contributed by atoms with van der Waals surface area (Å²) in [4.78, 5) is 16.9. The Balaban J connectivity index is 1.36. The number of hydrogen-bond acceptors (Lipinski definition) is 8. The molecule has 4 rings (SSSR count). The van der Waals surface area contributed by atoms with Crippen LogP contribution in [0.25, 0.3) is 11.3 Å². The SMILES string of the molecule is Nc1nc(CSCc2ncc(-c3ccc(Cl)cc3)o2)nc(Nc2ccc(F)cc2)n1. The van der Waals surface area contributed by atoms with Gasteiger partial charge in [0.2, 0.25) is 17.8 Å². The Kier molecular flexibility index (Phi) is 6.10. The molecule has 3 N–H and O–H groups in total. The number of halogens is 2. The maximum atomic E-state index is 13.0. The molecule has 4 aromatic rings. The van der Waals surface area contributed by atoms with E-state index in [9.17, 15) is 4.39 Å². The average Bonchev–Trinajstić information content (AvgIpc) is 3.19. The van der Waals surface area contributed by atoms with Crippen molar-refractivity contribution in [2.24, 2.45) is 0 Å². The highest BCUT2D eigenvalue weighted by molar-refractivity contribution is 7.97. The van der Waals surface area contributed by atoms with Gasteiger partial charge in [0.25, 0.3) is 0 Å². The van der Waals surface area contributed by atoms with Crippen molar-refractivity contribution in [2.45, 2.75) is 11.5 Å². The number of nitrogens with one attached hydrogen (secondary N) is 1. The Labute approximate surface area is 180 Å². The van der Waals surface area contributed by atoms with Crippen molar-refractivity contribution < 1.29 is 8.81 Å². The lowest BCUT2D eigenvalue weighted by Crippen LogP contribution is -2.06. The average molecular weight is 443 g/mol. The summed E-state index contributed by atoms with van der Waals surface area (Å²) >= 11 is 7.44. The lowest BCUT2D eigenvalue weighted by atomic mass is 10.2. The maximum absolute atomic E-state index is 13.0. The molecule has 7 nitrogen and oxygen atoms in total. The first kappa shape index (κ1) is 20.1. The molecule has 2 aromatic heterocycles. The highest BCUT2D eigenvalue weighted by atomic mass is 35.5. The minimum absolute atomic E-state index is 0.103. The van der Waals surface area contributed by atoms with Crippen molar-refractivity contribution in [3.8, 4) is 11.3 Å². The first-order chi connectivity index (χ1) is 14.5. The number of hydrogen-bond donors (Lipinski definition) is 2. The van der Waals surface area contributed by atoms with Crippen LogP contribution in [0, 0.1) is 5.82 Å². The van der Waals surface area contributed by atoms with Crippen LogP contribution >= 0.6 is 23.4 Å². The molecule has 0 unspecified atom stereocenters. The van der Waals surface area contributed by atoms with Gasteiger partial charge in [-0.3, -0.25) is 0 Å². The van der Waals surface area contributed by atoms with E-state index in [1.54, 1.807) is 30.5 Å². The molecular weight excluding hydrogens is 427 g/mol. The van der Waals surface area contributed by atoms with E-state index in [0.29, 0.717) is 45.6 Å². The van der Waals surface area contributed by atoms with Gasteiger partial charge in [-0.2, -0.15) is 15.0 Å². The standard InChI is InChI=1S/C20H16ClFN6OS/c21-13-3-1-12(2-4-13)16-9-24-18(29-16)11-30-10-17-26-19(23)28-20(27-17)25-15-7-5-14(22)6-8-15/h1-9H,10-11H2,(H3,23,25,26,27,28). The molecule has 152 valence electrons. The fraction of sp³-hybridized carbons (Fsp3) is 0.100. The fourth-order valence-corrected chi connectivity index (χ4v) is 3.42. The molecule has 0 fully saturated rings. The number of nitrogens with two attached hydrogens (primary N) is 1. The Morgan fingerprint density at radius 3 is 2.53 bits per heavy atom. The number of rotatable bonds is 7. The molecule has 0 spiro atoms. The van der Waals surface area contributed by atoms with Crippen molar-refractivity contribution in [2.75, 3.05) is 11.1 Å². The summed E-state index contributed by atoms with van der Waals surface area (Å²) in [6.07, 6.45) is 1.69. The Morgan fingerprint density at radius 1 is 1.00 bits per heavy atom. The fourth-order valence-electron chi connectivity index (χ4n) is 2.57. The minimum Gasteiger partial charge on any atom is -0.440 e. The van der Waals surface area contributed by atoms with Crippen LogP contribution in [0.15, 0.2) is 59.1 Å². The Hall–Kier alpha value is -3.17. The Morgan fingerprint density at radius 2 is 1.77 bits per heavy atom. The van der Waals surface area contributed by atoms with Crippen LogP contribution < -0.4 is 11.1 Å². The highest BCUT2D eigenvalue weighted by Crippen LogP contribution is 2.25. The van der Waals surface area contributed by atoms with Gasteiger partial charge in [-0.15, -0.1) is 11.8 Å². The molecule has 0 radical (unpaired) electrons. The molecule has 30 heavy (non-hydrogen) atoms. The number of benzene rings is 2. The van der Waals surface area contributed by atoms with Crippen LogP contribution in [0.3, 0.4) is 0 Å². The van der Waals surface area contributed by atoms with E-state index < -0.39 is 0 Å². The second-order valence-corrected chi connectivity index (χ2v) is 7.61. The zero-order valence-corrected chi connectivity index (χ0v) is 17.1. The molecule has 0 aliphatic carbocycles. The third kappa shape index (κ3) is 5.25. The van der Waals surface area contributed by atoms with Crippen LogP contribution in [0.5, 0.6) is 0 Å². The molecule has 0 aliphatic rings. The van der Waals surface area contributed by atoms with E-state index in [4.69, 9.17) is 21.8 Å². The first-order valence-corrected chi connectivity index (χ1v) is 10.4. The van der Waals surface area contributed by atoms with E-state index in [1.807, 2.05) is 12.1 Å². The van der Waals surface area contributed by atoms with Crippen LogP contribution in [-0.2, 0) is 11.5 Å². The molecular formula is C20H16ClFN6OS. The second-order valence-electron chi connectivity index (χ2n) is 6.18. The van der Waals surface area contributed by atoms with Gasteiger partial charge < -0.3 is 15.5 Å². The number of nitrogen functional groups attached to an aromatic ring is 1. The topological polar surface area (TPSA) is 103 Å². The van der Waals surface area contributed by atoms with E-state index in [2.05, 4.69) is 25.3 Å². The Bertz CT molecular complexity index is 1140. The summed E-state index contributed by atoms with van der Waals surface area (Å²) in [6, 6.07) is 13.2. The normalized spacial score (nSPS) is 10.9. The monoisotopic (exact) mass is 442 g/mol. The summed E-state index contributed by atoms with van der Waals surface area (Å²) < 4.78 is 18.8. The van der Waals surface area contributed by atoms with E-state index in [0.717, 1.165) is 5.56 Å². The van der Waals surface area contributed by atoms with Gasteiger partial charge in [0.05, 0.1) is 17.7 Å². The van der Waals surface area contributed by atoms with Crippen molar-refractivity contribution >= 4 is 40.9 Å². The summed E-state index contributed by atoms with van der Waals surface area (Å²) in [5, 5.41) is 3.65. The van der Waals surface area contributed by atoms with Crippen LogP contribution in [0.2, 0.25) is 5.02 Å². The van der Waals surface area contributed by atoms with Gasteiger partial charge >= 0.3 is 0 Å². The van der Waals surface area contributed by atoms with Crippen molar-refractivity contribution in [1.82, 2.24) is 19.9 Å². The van der Waals surface area contributed by atoms with Gasteiger partial charge in [-0.1, -0.05) is 11.6 Å². The molecule has 2 heterocycles. The number of aromatic nitrogens is 4. The maximum Gasteiger partial charge on any atom is 0.232 e. The second kappa shape index (κ2) is 9.10. The third-order valence-corrected chi connectivity index (χ3v) is 5.10. The molecule has 0 atom stereocenters. The highest BCUT2D eigenvalue weighted by Gasteiger charge is 2.09. The van der Waals surface area contributed by atoms with Crippen molar-refractivity contribution in [3.63, 3.8) is 0 Å². The molecule has 0 bridgehead atoms. The van der Waals surface area contributed by atoms with Gasteiger partial charge in [0.1, 0.15) is 11.6 Å². The number of nitrogens with zero attached hydrogens (tertiary/aromatic N) is 4. The molecule has 0 saturated carbocycles. The third-order valence-electron chi connectivity index (χ3n) is 3.94. The lowest BCUT2D eigenvalue weighted by Gasteiger charge is -2.07. The summed E-state index contributed by atoms with van der Waals surface area (Å²) in [7, 11) is 0. The van der Waals surface area contributed by atoms with E-state index in [1.165, 1.54) is 23.9 Å². The molecule has 2 aromatic carbocycles. The quantitative estimate of drug-likeness (QED) is 0.408. The van der Waals surface area contributed by atoms with Gasteiger partial charge in [-0.05, 0) is 48.5 Å². The smallest absolute Gasteiger partial charge is 0.232 e. The van der Waals surface area contributed by atoms with Crippen molar-refractivity contribution in [1.29, 1.82) is 0 Å². The zero-order valence-electron chi connectivity index (χ0n) is 15.5. The zero-order chi connectivity index (χ0) is 20.9. The summed E-state index contributed by atoms with van der Waals surface area (Å²) in [5.41, 5.74) is 7.34. The van der Waals surface area contributed by atoms with Gasteiger partial charge in [0, 0.05) is 16.3 Å². The van der Waals surface area contributed by atoms with E-state index >= 15 is 0 Å². The van der Waals surface area contributed by atoms with Crippen molar-refractivity contribution in [3.05, 3.63) is 77.3 Å². The number of oxazole rings is 1. The predicted octanol–water partition coefficient (Wildman–Crippen LogP) is 5.08. The summed E-state index contributed by atoms with van der Waals surface area (Å²) in [5.74, 6) is 2.90. The molecule has 0 saturated heterocycles. The van der Waals surface area contributed by atoms with Crippen LogP contribution in [0.4, 0.5) is 22.0 Å². The van der Waals surface area contributed by atoms with Crippen LogP contribution in [-0.4, -0.2) is 19.9 Å². The lowest BCUT2D eigenvalue weighted by molar-refractivity contribution is 0.530. The van der Waals surface area contributed by atoms with Crippen LogP contribution in [0.1, 0.15) is 11.7 Å². The van der Waals surface area contributed by atoms with Gasteiger partial charge in [-0.25, -0.2) is 9.37 Å². The first-order valence-electron chi connectivity index (χ1n) is 8.86. The van der Waals surface area contributed by atoms with E-state index in [-0.39, 0.29) is 11.8 Å². The summed E-state index contributed by atoms with van der Waals surface area (Å²) in [6.45, 7) is 0. The molecule has 10 heteroatoms. The largest absolute Gasteiger partial charge is 0.440 e. The predicted molar refractivity (Wildman–Crippen MR) is 116 cm³/mol. The number of thioether (sulfide) groups is 1. The molecule has 0 amide bonds. The minimum atomic E-state index is -0.321. The molecule has 0 aliphatic heterocycles. The van der Waals surface area contributed by atoms with Gasteiger partial charge in [0.15, 0.2) is 5.76 Å².